The van der Waals surface area contributed by atoms with Crippen LogP contribution in [0.4, 0.5) is 11.4 Å². The van der Waals surface area contributed by atoms with Gasteiger partial charge in [0.05, 0.1) is 0 Å². The molecule has 0 aliphatic rings. The number of nitrogens with zero attached hydrogens (tertiary/aromatic N) is 2. The minimum Gasteiger partial charge on any atom is -0.448 e. The number of nitriles is 1. The summed E-state index contributed by atoms with van der Waals surface area (Å²) in [6.45, 7) is 5.65. The fourth-order valence-corrected chi connectivity index (χ4v) is 2.94. The van der Waals surface area contributed by atoms with Crippen LogP contribution >= 0.6 is 0 Å². The van der Waals surface area contributed by atoms with Crippen LogP contribution in [0.3, 0.4) is 0 Å². The first-order chi connectivity index (χ1) is 14.8. The Hall–Kier alpha value is -3.59. The lowest BCUT2D eigenvalue weighted by molar-refractivity contribution is -0.148. The topological polar surface area (TPSA) is 82.4 Å². The SMILES string of the molecule is CC[C@@H](C)c1ccccc1NC(=O)[C@@H](C)OC(=O)/C(C#N)=C/c1ccc(N(C)C)cc1. The smallest absolute Gasteiger partial charge is 0.349 e. The predicted molar refractivity (Wildman–Crippen MR) is 124 cm³/mol. The molecule has 0 unspecified atom stereocenters. The first kappa shape index (κ1) is 23.7. The van der Waals surface area contributed by atoms with Crippen LogP contribution in [0, 0.1) is 11.3 Å². The van der Waals surface area contributed by atoms with E-state index < -0.39 is 18.0 Å². The van der Waals surface area contributed by atoms with Gasteiger partial charge in [0.2, 0.25) is 0 Å². The minimum absolute atomic E-state index is 0.169. The fourth-order valence-electron chi connectivity index (χ4n) is 2.94. The molecule has 2 aromatic carbocycles. The van der Waals surface area contributed by atoms with Crippen LogP contribution in [0.2, 0.25) is 0 Å². The molecule has 162 valence electrons. The number of esters is 1. The zero-order valence-corrected chi connectivity index (χ0v) is 18.7. The third-order valence-corrected chi connectivity index (χ3v) is 5.08. The quantitative estimate of drug-likeness (QED) is 0.379. The van der Waals surface area contributed by atoms with Gasteiger partial charge < -0.3 is 15.0 Å². The van der Waals surface area contributed by atoms with Crippen LogP contribution in [-0.4, -0.2) is 32.1 Å². The van der Waals surface area contributed by atoms with Crippen LogP contribution < -0.4 is 10.2 Å². The number of nitrogens with one attached hydrogen (secondary N) is 1. The number of benzene rings is 2. The number of anilines is 2. The number of ether oxygens (including phenoxy) is 1. The lowest BCUT2D eigenvalue weighted by atomic mass is 9.97. The molecule has 0 spiro atoms. The number of para-hydroxylation sites is 1. The molecule has 0 heterocycles. The second-order valence-electron chi connectivity index (χ2n) is 7.59. The van der Waals surface area contributed by atoms with E-state index in [0.717, 1.165) is 17.7 Å². The van der Waals surface area contributed by atoms with Crippen LogP contribution in [0.25, 0.3) is 6.08 Å². The van der Waals surface area contributed by atoms with Crippen molar-refractivity contribution in [2.24, 2.45) is 0 Å². The van der Waals surface area contributed by atoms with E-state index in [0.29, 0.717) is 11.3 Å². The summed E-state index contributed by atoms with van der Waals surface area (Å²) in [5, 5.41) is 12.2. The predicted octanol–water partition coefficient (Wildman–Crippen LogP) is 4.74. The minimum atomic E-state index is -1.05. The van der Waals surface area contributed by atoms with E-state index in [-0.39, 0.29) is 11.5 Å². The number of rotatable bonds is 8. The van der Waals surface area contributed by atoms with Gasteiger partial charge in [0.15, 0.2) is 6.10 Å². The first-order valence-corrected chi connectivity index (χ1v) is 10.3. The van der Waals surface area contributed by atoms with E-state index in [1.807, 2.05) is 73.6 Å². The van der Waals surface area contributed by atoms with Gasteiger partial charge in [-0.05, 0) is 54.7 Å². The Morgan fingerprint density at radius 2 is 1.77 bits per heavy atom. The Kier molecular flexibility index (Phi) is 8.39. The molecule has 0 aliphatic carbocycles. The van der Waals surface area contributed by atoms with E-state index in [4.69, 9.17) is 4.74 Å². The normalized spacial score (nSPS) is 13.0. The fraction of sp³-hybridized carbons (Fsp3) is 0.320. The van der Waals surface area contributed by atoms with E-state index >= 15 is 0 Å². The van der Waals surface area contributed by atoms with Crippen molar-refractivity contribution in [3.8, 4) is 6.07 Å². The van der Waals surface area contributed by atoms with Crippen molar-refractivity contribution in [2.45, 2.75) is 39.2 Å². The monoisotopic (exact) mass is 419 g/mol. The molecule has 0 saturated carbocycles. The van der Waals surface area contributed by atoms with Gasteiger partial charge in [-0.25, -0.2) is 4.79 Å². The van der Waals surface area contributed by atoms with Crippen molar-refractivity contribution in [2.75, 3.05) is 24.3 Å². The summed E-state index contributed by atoms with van der Waals surface area (Å²) in [5.41, 5.74) is 3.24. The summed E-state index contributed by atoms with van der Waals surface area (Å²) in [6.07, 6.45) is 1.33. The second-order valence-corrected chi connectivity index (χ2v) is 7.59. The summed E-state index contributed by atoms with van der Waals surface area (Å²) in [5.74, 6) is -1.00. The number of hydrogen-bond acceptors (Lipinski definition) is 5. The summed E-state index contributed by atoms with van der Waals surface area (Å²) in [4.78, 5) is 27.0. The van der Waals surface area contributed by atoms with Gasteiger partial charge in [-0.3, -0.25) is 4.79 Å². The highest BCUT2D eigenvalue weighted by molar-refractivity contribution is 6.01. The first-order valence-electron chi connectivity index (χ1n) is 10.3. The van der Waals surface area contributed by atoms with Crippen LogP contribution in [-0.2, 0) is 14.3 Å². The third kappa shape index (κ3) is 6.45. The molecule has 0 radical (unpaired) electrons. The molecule has 0 aromatic heterocycles. The Morgan fingerprint density at radius 3 is 2.35 bits per heavy atom. The maximum atomic E-state index is 12.6. The molecule has 6 nitrogen and oxygen atoms in total. The van der Waals surface area contributed by atoms with Gasteiger partial charge in [-0.2, -0.15) is 5.26 Å². The van der Waals surface area contributed by atoms with E-state index in [9.17, 15) is 14.9 Å². The largest absolute Gasteiger partial charge is 0.448 e. The zero-order chi connectivity index (χ0) is 23.0. The third-order valence-electron chi connectivity index (χ3n) is 5.08. The lowest BCUT2D eigenvalue weighted by Gasteiger charge is -2.18. The number of carbonyl (C=O) groups excluding carboxylic acids is 2. The van der Waals surface area contributed by atoms with Gasteiger partial charge >= 0.3 is 5.97 Å². The van der Waals surface area contributed by atoms with Crippen molar-refractivity contribution < 1.29 is 14.3 Å². The highest BCUT2D eigenvalue weighted by Gasteiger charge is 2.22. The van der Waals surface area contributed by atoms with Crippen LogP contribution in [0.15, 0.2) is 54.1 Å². The van der Waals surface area contributed by atoms with Crippen molar-refractivity contribution in [1.29, 1.82) is 5.26 Å². The molecule has 2 aromatic rings. The maximum absolute atomic E-state index is 12.6. The van der Waals surface area contributed by atoms with Gasteiger partial charge in [0.1, 0.15) is 11.6 Å². The van der Waals surface area contributed by atoms with Crippen LogP contribution in [0.1, 0.15) is 44.2 Å². The average molecular weight is 420 g/mol. The molecule has 0 aliphatic heterocycles. The standard InChI is InChI=1S/C25H29N3O3/c1-6-17(2)22-9-7-8-10-23(22)27-24(29)18(3)31-25(30)20(16-26)15-19-11-13-21(14-12-19)28(4)5/h7-15,17-18H,6H2,1-5H3,(H,27,29)/b20-15+/t17-,18-/m1/s1. The van der Waals surface area contributed by atoms with Gasteiger partial charge in [-0.15, -0.1) is 0 Å². The Bertz CT molecular complexity index is 988. The Balaban J connectivity index is 2.08. The van der Waals surface area contributed by atoms with Crippen molar-refractivity contribution >= 4 is 29.3 Å². The molecule has 1 amide bonds. The molecule has 0 saturated heterocycles. The molecular weight excluding hydrogens is 390 g/mol. The molecule has 2 rings (SSSR count). The summed E-state index contributed by atoms with van der Waals surface area (Å²) in [6, 6.07) is 16.8. The lowest BCUT2D eigenvalue weighted by Crippen LogP contribution is -2.30. The van der Waals surface area contributed by atoms with Crippen molar-refractivity contribution in [1.82, 2.24) is 0 Å². The molecule has 2 atom stereocenters. The molecule has 1 N–H and O–H groups in total. The van der Waals surface area contributed by atoms with E-state index in [1.54, 1.807) is 0 Å². The van der Waals surface area contributed by atoms with E-state index in [1.165, 1.54) is 13.0 Å². The van der Waals surface area contributed by atoms with Gasteiger partial charge in [0.25, 0.3) is 5.91 Å². The second kappa shape index (κ2) is 11.0. The number of carbonyl (C=O) groups is 2. The highest BCUT2D eigenvalue weighted by atomic mass is 16.5. The van der Waals surface area contributed by atoms with Crippen molar-refractivity contribution in [3.63, 3.8) is 0 Å². The highest BCUT2D eigenvalue weighted by Crippen LogP contribution is 2.26. The molecule has 0 fully saturated rings. The summed E-state index contributed by atoms with van der Waals surface area (Å²) in [7, 11) is 3.85. The Labute approximate surface area is 184 Å². The average Bonchev–Trinajstić information content (AvgIpc) is 2.77. The van der Waals surface area contributed by atoms with Gasteiger partial charge in [-0.1, -0.05) is 44.2 Å². The molecule has 6 heteroatoms. The zero-order valence-electron chi connectivity index (χ0n) is 18.7. The maximum Gasteiger partial charge on any atom is 0.349 e. The molecule has 0 bridgehead atoms. The summed E-state index contributed by atoms with van der Waals surface area (Å²) >= 11 is 0. The van der Waals surface area contributed by atoms with Gasteiger partial charge in [0, 0.05) is 25.5 Å². The number of amides is 1. The number of hydrogen-bond donors (Lipinski definition) is 1. The Morgan fingerprint density at radius 1 is 1.13 bits per heavy atom. The van der Waals surface area contributed by atoms with Crippen LogP contribution in [0.5, 0.6) is 0 Å². The molecule has 31 heavy (non-hydrogen) atoms. The summed E-state index contributed by atoms with van der Waals surface area (Å²) < 4.78 is 5.25. The van der Waals surface area contributed by atoms with E-state index in [2.05, 4.69) is 19.2 Å². The molecular formula is C25H29N3O3. The van der Waals surface area contributed by atoms with Crippen molar-refractivity contribution in [3.05, 3.63) is 65.2 Å².